The van der Waals surface area contributed by atoms with Crippen molar-refractivity contribution in [3.05, 3.63) is 138 Å². The summed E-state index contributed by atoms with van der Waals surface area (Å²) in [6, 6.07) is 36.0. The van der Waals surface area contributed by atoms with E-state index in [0.717, 1.165) is 27.9 Å². The van der Waals surface area contributed by atoms with Crippen LogP contribution in [0.4, 0.5) is 5.69 Å². The van der Waals surface area contributed by atoms with Crippen molar-refractivity contribution in [2.75, 3.05) is 19.4 Å². The molecule has 0 bridgehead atoms. The second-order valence-electron chi connectivity index (χ2n) is 10.6. The number of nitrogens with two attached hydrogens (primary N) is 1. The molecule has 6 rings (SSSR count). The van der Waals surface area contributed by atoms with Crippen LogP contribution in [0.5, 0.6) is 0 Å². The summed E-state index contributed by atoms with van der Waals surface area (Å²) in [5, 5.41) is 4.64. The lowest BCUT2D eigenvalue weighted by molar-refractivity contribution is -0.0920. The highest BCUT2D eigenvalue weighted by molar-refractivity contribution is 5.76. The largest absolute Gasteiger partial charge is 0.397 e. The lowest BCUT2D eigenvalue weighted by Gasteiger charge is -2.32. The molecule has 1 fully saturated rings. The third kappa shape index (κ3) is 6.23. The molecule has 0 radical (unpaired) electrons. The average molecular weight is 577 g/mol. The lowest BCUT2D eigenvalue weighted by atomic mass is 9.91. The zero-order valence-corrected chi connectivity index (χ0v) is 24.2. The number of anilines is 1. The number of fused-ring (bicyclic) bond motifs is 1. The monoisotopic (exact) mass is 576 g/mol. The Hall–Kier alpha value is -4.34. The van der Waals surface area contributed by atoms with Crippen molar-refractivity contribution in [1.29, 1.82) is 0 Å². The van der Waals surface area contributed by atoms with Gasteiger partial charge in [0.15, 0.2) is 5.60 Å². The maximum Gasteiger partial charge on any atom is 0.174 e. The quantitative estimate of drug-likeness (QED) is 0.195. The summed E-state index contributed by atoms with van der Waals surface area (Å²) in [4.78, 5) is 4.50. The summed E-state index contributed by atoms with van der Waals surface area (Å²) in [6.45, 7) is 1.48. The molecular weight excluding hydrogens is 540 g/mol. The van der Waals surface area contributed by atoms with Crippen LogP contribution in [0.25, 0.3) is 5.52 Å². The first-order valence-electron chi connectivity index (χ1n) is 14.4. The zero-order chi connectivity index (χ0) is 29.5. The molecule has 220 valence electrons. The van der Waals surface area contributed by atoms with E-state index in [4.69, 9.17) is 24.7 Å². The minimum atomic E-state index is -1.14. The van der Waals surface area contributed by atoms with Gasteiger partial charge in [-0.05, 0) is 34.9 Å². The van der Waals surface area contributed by atoms with Crippen LogP contribution in [0, 0.1) is 0 Å². The third-order valence-electron chi connectivity index (χ3n) is 7.69. The van der Waals surface area contributed by atoms with Gasteiger partial charge >= 0.3 is 0 Å². The molecule has 1 aliphatic heterocycles. The minimum absolute atomic E-state index is 0.289. The van der Waals surface area contributed by atoms with Crippen molar-refractivity contribution in [3.8, 4) is 0 Å². The van der Waals surface area contributed by atoms with Crippen LogP contribution < -0.4 is 5.73 Å². The van der Waals surface area contributed by atoms with E-state index in [2.05, 4.69) is 10.1 Å². The van der Waals surface area contributed by atoms with E-state index in [9.17, 15) is 0 Å². The number of ether oxygens (including phenoxy) is 4. The Bertz CT molecular complexity index is 1630. The fourth-order valence-electron chi connectivity index (χ4n) is 5.66. The van der Waals surface area contributed by atoms with Gasteiger partial charge in [-0.1, -0.05) is 91.0 Å². The minimum Gasteiger partial charge on any atom is -0.397 e. The summed E-state index contributed by atoms with van der Waals surface area (Å²) in [5.74, 6) is 0. The van der Waals surface area contributed by atoms with Crippen LogP contribution >= 0.6 is 0 Å². The Kier molecular flexibility index (Phi) is 8.91. The molecule has 0 amide bonds. The smallest absolute Gasteiger partial charge is 0.174 e. The van der Waals surface area contributed by atoms with Crippen molar-refractivity contribution in [1.82, 2.24) is 9.61 Å². The summed E-state index contributed by atoms with van der Waals surface area (Å²) < 4.78 is 28.5. The molecule has 0 unspecified atom stereocenters. The van der Waals surface area contributed by atoms with Crippen molar-refractivity contribution in [2.24, 2.45) is 4.99 Å². The number of hydrogen-bond donors (Lipinski definition) is 1. The molecule has 43 heavy (non-hydrogen) atoms. The number of rotatable bonds is 12. The van der Waals surface area contributed by atoms with Crippen molar-refractivity contribution >= 4 is 17.4 Å². The molecular formula is C35H36N4O4. The third-order valence-corrected chi connectivity index (χ3v) is 7.69. The van der Waals surface area contributed by atoms with Gasteiger partial charge in [-0.15, -0.1) is 0 Å². The highest BCUT2D eigenvalue weighted by atomic mass is 16.6. The van der Waals surface area contributed by atoms with Gasteiger partial charge in [0.25, 0.3) is 0 Å². The SMILES string of the molecule is CN=C[C@@]1(c2ccc3c(N)ccnn23)O[C@H](COCc2ccccc2)[C@@H](OCc2ccccc2)[C@H]1OCc1ccccc1. The van der Waals surface area contributed by atoms with Gasteiger partial charge in [-0.25, -0.2) is 4.52 Å². The second kappa shape index (κ2) is 13.3. The summed E-state index contributed by atoms with van der Waals surface area (Å²) in [6.07, 6.45) is 1.92. The molecule has 0 aliphatic carbocycles. The molecule has 2 aromatic heterocycles. The maximum absolute atomic E-state index is 7.00. The normalized spacial score (nSPS) is 22.0. The van der Waals surface area contributed by atoms with Crippen molar-refractivity contribution < 1.29 is 18.9 Å². The fraction of sp³-hybridized carbons (Fsp3) is 0.257. The molecule has 8 nitrogen and oxygen atoms in total. The van der Waals surface area contributed by atoms with Gasteiger partial charge in [-0.2, -0.15) is 5.10 Å². The topological polar surface area (TPSA) is 92.6 Å². The molecule has 8 heteroatoms. The van der Waals surface area contributed by atoms with Gasteiger partial charge in [0.1, 0.15) is 18.3 Å². The Balaban J connectivity index is 1.39. The highest BCUT2D eigenvalue weighted by Crippen LogP contribution is 2.43. The molecule has 1 saturated heterocycles. The van der Waals surface area contributed by atoms with E-state index in [1.165, 1.54) is 0 Å². The Morgan fingerprint density at radius 3 is 2.05 bits per heavy atom. The molecule has 0 spiro atoms. The van der Waals surface area contributed by atoms with Crippen LogP contribution in [0.3, 0.4) is 0 Å². The Morgan fingerprint density at radius 2 is 1.42 bits per heavy atom. The summed E-state index contributed by atoms with van der Waals surface area (Å²) in [7, 11) is 1.73. The van der Waals surface area contributed by atoms with Gasteiger partial charge < -0.3 is 24.7 Å². The van der Waals surface area contributed by atoms with Crippen molar-refractivity contribution in [2.45, 2.75) is 43.7 Å². The Labute approximate surface area is 251 Å². The van der Waals surface area contributed by atoms with Gasteiger partial charge in [0, 0.05) is 19.5 Å². The van der Waals surface area contributed by atoms with E-state index in [0.29, 0.717) is 25.5 Å². The number of aliphatic imine (C=N–C) groups is 1. The van der Waals surface area contributed by atoms with Crippen LogP contribution in [-0.2, 0) is 44.4 Å². The molecule has 1 aliphatic rings. The standard InChI is InChI=1S/C35H36N4O4/c1-37-25-35(32-18-17-30-29(36)19-20-38-39(30)32)34(42-23-28-15-9-4-10-16-28)33(41-22-27-13-7-3-8-14-27)31(43-35)24-40-21-26-11-5-2-6-12-26/h2-20,25,31,33-34H,21-24,36H2,1H3/t31-,33-,34-,35+/m1/s1. The molecule has 2 N–H and O–H groups in total. The van der Waals surface area contributed by atoms with Crippen LogP contribution in [0.2, 0.25) is 0 Å². The second-order valence-corrected chi connectivity index (χ2v) is 10.6. The molecule has 3 heterocycles. The fourth-order valence-corrected chi connectivity index (χ4v) is 5.66. The van der Waals surface area contributed by atoms with E-state index in [-0.39, 0.29) is 6.61 Å². The predicted molar refractivity (Wildman–Crippen MR) is 167 cm³/mol. The number of hydrogen-bond acceptors (Lipinski definition) is 7. The average Bonchev–Trinajstić information content (AvgIpc) is 3.61. The van der Waals surface area contributed by atoms with Crippen molar-refractivity contribution in [3.63, 3.8) is 0 Å². The van der Waals surface area contributed by atoms with Crippen LogP contribution in [0.1, 0.15) is 22.4 Å². The lowest BCUT2D eigenvalue weighted by Crippen LogP contribution is -2.46. The number of nitrogen functional groups attached to an aromatic ring is 1. The first-order chi connectivity index (χ1) is 21.2. The van der Waals surface area contributed by atoms with Crippen LogP contribution in [-0.4, -0.2) is 47.8 Å². The van der Waals surface area contributed by atoms with E-state index < -0.39 is 23.9 Å². The maximum atomic E-state index is 7.00. The molecule has 4 atom stereocenters. The van der Waals surface area contributed by atoms with E-state index in [1.807, 2.05) is 103 Å². The van der Waals surface area contributed by atoms with Gasteiger partial charge in [0.05, 0.1) is 43.3 Å². The molecule has 3 aromatic carbocycles. The highest BCUT2D eigenvalue weighted by Gasteiger charge is 2.58. The molecule has 5 aromatic rings. The number of aromatic nitrogens is 2. The number of benzene rings is 3. The summed E-state index contributed by atoms with van der Waals surface area (Å²) in [5.41, 5.74) is 10.5. The number of nitrogens with zero attached hydrogens (tertiary/aromatic N) is 3. The molecule has 0 saturated carbocycles. The summed E-state index contributed by atoms with van der Waals surface area (Å²) >= 11 is 0. The first-order valence-corrected chi connectivity index (χ1v) is 14.4. The van der Waals surface area contributed by atoms with Crippen LogP contribution in [0.15, 0.2) is 120 Å². The van der Waals surface area contributed by atoms with E-state index in [1.54, 1.807) is 30.0 Å². The van der Waals surface area contributed by atoms with Gasteiger partial charge in [-0.3, -0.25) is 4.99 Å². The van der Waals surface area contributed by atoms with Gasteiger partial charge in [0.2, 0.25) is 0 Å². The first kappa shape index (κ1) is 28.8. The van der Waals surface area contributed by atoms with E-state index >= 15 is 0 Å². The zero-order valence-electron chi connectivity index (χ0n) is 24.2. The Morgan fingerprint density at radius 1 is 0.814 bits per heavy atom. The predicted octanol–water partition coefficient (Wildman–Crippen LogP) is 5.60.